The topological polar surface area (TPSA) is 54.0 Å². The van der Waals surface area contributed by atoms with Crippen molar-refractivity contribution in [1.82, 2.24) is 0 Å². The molecule has 0 spiro atoms. The summed E-state index contributed by atoms with van der Waals surface area (Å²) in [6, 6.07) is 17.5. The zero-order valence-electron chi connectivity index (χ0n) is 20.5. The first kappa shape index (κ1) is 28.1. The fraction of sp³-hybridized carbons (Fsp3) is 0.345. The van der Waals surface area contributed by atoms with Crippen molar-refractivity contribution in [3.63, 3.8) is 0 Å². The standard InChI is InChI=1S/C29H32O5S/c1-31-21-11-5-4-7-13-24(14-10-12-22-35-27-15-8-6-9-16-27)29(34-28(30)23-32-2)25-17-19-26(33-3)20-18-25/h6,8-9,14-20,29H,4-5,11,21-23H2,1-3H3/b24-14-. The van der Waals surface area contributed by atoms with Crippen molar-refractivity contribution in [3.8, 4) is 29.4 Å². The lowest BCUT2D eigenvalue weighted by Gasteiger charge is -2.18. The molecule has 0 aromatic heterocycles. The number of hydrogen-bond donors (Lipinski definition) is 0. The lowest BCUT2D eigenvalue weighted by molar-refractivity contribution is -0.151. The monoisotopic (exact) mass is 492 g/mol. The van der Waals surface area contributed by atoms with Crippen LogP contribution in [0.2, 0.25) is 0 Å². The molecule has 0 saturated carbocycles. The fourth-order valence-electron chi connectivity index (χ4n) is 2.98. The smallest absolute Gasteiger partial charge is 0.333 e. The first-order valence-corrected chi connectivity index (χ1v) is 12.3. The van der Waals surface area contributed by atoms with Crippen molar-refractivity contribution in [2.45, 2.75) is 30.3 Å². The summed E-state index contributed by atoms with van der Waals surface area (Å²) in [4.78, 5) is 13.5. The van der Waals surface area contributed by atoms with Crippen LogP contribution in [-0.4, -0.2) is 46.3 Å². The Bertz CT molecular complexity index is 1040. The molecule has 184 valence electrons. The maximum Gasteiger partial charge on any atom is 0.333 e. The number of rotatable bonds is 12. The molecule has 0 saturated heterocycles. The normalized spacial score (nSPS) is 11.5. The summed E-state index contributed by atoms with van der Waals surface area (Å²) in [5.74, 6) is 13.5. The predicted octanol–water partition coefficient (Wildman–Crippen LogP) is 5.47. The third kappa shape index (κ3) is 11.2. The van der Waals surface area contributed by atoms with Crippen molar-refractivity contribution < 1.29 is 23.7 Å². The second kappa shape index (κ2) is 17.3. The van der Waals surface area contributed by atoms with Crippen molar-refractivity contribution >= 4 is 17.7 Å². The largest absolute Gasteiger partial charge is 0.497 e. The molecule has 0 radical (unpaired) electrons. The number of ether oxygens (including phenoxy) is 4. The molecule has 6 heteroatoms. The van der Waals surface area contributed by atoms with Gasteiger partial charge >= 0.3 is 5.97 Å². The van der Waals surface area contributed by atoms with Gasteiger partial charge in [-0.05, 0) is 42.7 Å². The van der Waals surface area contributed by atoms with Crippen molar-refractivity contribution in [3.05, 3.63) is 71.8 Å². The molecule has 0 N–H and O–H groups in total. The Morgan fingerprint density at radius 3 is 2.43 bits per heavy atom. The molecule has 1 unspecified atom stereocenters. The first-order chi connectivity index (χ1) is 17.2. The Labute approximate surface area is 213 Å². The number of thioether (sulfide) groups is 1. The van der Waals surface area contributed by atoms with Gasteiger partial charge in [-0.1, -0.05) is 54.0 Å². The summed E-state index contributed by atoms with van der Waals surface area (Å²) in [5, 5.41) is 0. The molecule has 0 amide bonds. The number of carbonyl (C=O) groups excluding carboxylic acids is 1. The highest BCUT2D eigenvalue weighted by Gasteiger charge is 2.20. The van der Waals surface area contributed by atoms with E-state index < -0.39 is 12.1 Å². The highest BCUT2D eigenvalue weighted by atomic mass is 32.2. The minimum atomic E-state index is -0.703. The van der Waals surface area contributed by atoms with E-state index in [9.17, 15) is 4.79 Å². The Morgan fingerprint density at radius 1 is 0.971 bits per heavy atom. The van der Waals surface area contributed by atoms with Crippen LogP contribution in [0.1, 0.15) is 30.9 Å². The molecular weight excluding hydrogens is 460 g/mol. The molecule has 0 aliphatic rings. The molecule has 35 heavy (non-hydrogen) atoms. The average Bonchev–Trinajstić information content (AvgIpc) is 2.89. The van der Waals surface area contributed by atoms with Gasteiger partial charge in [0.05, 0.1) is 18.4 Å². The van der Waals surface area contributed by atoms with Gasteiger partial charge in [0, 0.05) is 38.2 Å². The molecule has 0 heterocycles. The number of methoxy groups -OCH3 is 3. The Balaban J connectivity index is 2.28. The van der Waals surface area contributed by atoms with Gasteiger partial charge in [-0.2, -0.15) is 0 Å². The van der Waals surface area contributed by atoms with Gasteiger partial charge in [0.15, 0.2) is 6.10 Å². The van der Waals surface area contributed by atoms with Crippen LogP contribution in [0.15, 0.2) is 71.1 Å². The van der Waals surface area contributed by atoms with Crippen LogP contribution in [0.25, 0.3) is 0 Å². The van der Waals surface area contributed by atoms with Crippen LogP contribution in [0.4, 0.5) is 0 Å². The van der Waals surface area contributed by atoms with Crippen LogP contribution in [0, 0.1) is 23.7 Å². The number of carbonyl (C=O) groups is 1. The Hall–Kier alpha value is -3.16. The Kier molecular flexibility index (Phi) is 13.9. The van der Waals surface area contributed by atoms with Crippen LogP contribution in [-0.2, 0) is 19.0 Å². The van der Waals surface area contributed by atoms with E-state index in [1.807, 2.05) is 42.5 Å². The molecule has 0 fully saturated rings. The van der Waals surface area contributed by atoms with E-state index in [1.165, 1.54) is 7.11 Å². The maximum atomic E-state index is 12.3. The predicted molar refractivity (Wildman–Crippen MR) is 140 cm³/mol. The highest BCUT2D eigenvalue weighted by Crippen LogP contribution is 2.28. The van der Waals surface area contributed by atoms with E-state index in [4.69, 9.17) is 18.9 Å². The third-order valence-corrected chi connectivity index (χ3v) is 5.62. The van der Waals surface area contributed by atoms with Crippen molar-refractivity contribution in [1.29, 1.82) is 0 Å². The SMILES string of the molecule is COCCCCC#C/C(=C/C#CCSc1ccccc1)C(OC(=O)COC)c1ccc(OC)cc1. The van der Waals surface area contributed by atoms with Crippen molar-refractivity contribution in [2.75, 3.05) is 40.3 Å². The van der Waals surface area contributed by atoms with Gasteiger partial charge in [-0.25, -0.2) is 4.79 Å². The second-order valence-electron chi connectivity index (χ2n) is 7.35. The van der Waals surface area contributed by atoms with Crippen LogP contribution in [0.5, 0.6) is 5.75 Å². The van der Waals surface area contributed by atoms with E-state index in [-0.39, 0.29) is 6.61 Å². The van der Waals surface area contributed by atoms with Gasteiger partial charge in [0.25, 0.3) is 0 Å². The number of esters is 1. The summed E-state index contributed by atoms with van der Waals surface area (Å²) in [5.41, 5.74) is 1.39. The number of hydrogen-bond acceptors (Lipinski definition) is 6. The molecule has 2 rings (SSSR count). The lowest BCUT2D eigenvalue weighted by atomic mass is 10.0. The fourth-order valence-corrected chi connectivity index (χ4v) is 3.65. The van der Waals surface area contributed by atoms with E-state index in [0.717, 1.165) is 23.3 Å². The zero-order valence-corrected chi connectivity index (χ0v) is 21.4. The van der Waals surface area contributed by atoms with Crippen LogP contribution in [0.3, 0.4) is 0 Å². The minimum Gasteiger partial charge on any atom is -0.497 e. The summed E-state index contributed by atoms with van der Waals surface area (Å²) in [6.07, 6.45) is 3.60. The first-order valence-electron chi connectivity index (χ1n) is 11.3. The van der Waals surface area contributed by atoms with Crippen LogP contribution >= 0.6 is 11.8 Å². The molecule has 2 aromatic rings. The van der Waals surface area contributed by atoms with Gasteiger partial charge in [0.1, 0.15) is 12.4 Å². The second-order valence-corrected chi connectivity index (χ2v) is 8.40. The molecule has 0 bridgehead atoms. The van der Waals surface area contributed by atoms with E-state index in [2.05, 4.69) is 35.8 Å². The third-order valence-electron chi connectivity index (χ3n) is 4.73. The van der Waals surface area contributed by atoms with E-state index >= 15 is 0 Å². The lowest BCUT2D eigenvalue weighted by Crippen LogP contribution is -2.17. The van der Waals surface area contributed by atoms with Gasteiger partial charge in [-0.15, -0.1) is 11.8 Å². The molecule has 5 nitrogen and oxygen atoms in total. The van der Waals surface area contributed by atoms with Crippen LogP contribution < -0.4 is 4.74 Å². The van der Waals surface area contributed by atoms with Crippen molar-refractivity contribution in [2.24, 2.45) is 0 Å². The Morgan fingerprint density at radius 2 is 1.74 bits per heavy atom. The number of benzene rings is 2. The average molecular weight is 493 g/mol. The van der Waals surface area contributed by atoms with Gasteiger partial charge in [-0.3, -0.25) is 0 Å². The quantitative estimate of drug-likeness (QED) is 0.170. The highest BCUT2D eigenvalue weighted by molar-refractivity contribution is 7.99. The summed E-state index contributed by atoms with van der Waals surface area (Å²) in [6.45, 7) is 0.557. The van der Waals surface area contributed by atoms with Gasteiger partial charge < -0.3 is 18.9 Å². The van der Waals surface area contributed by atoms with E-state index in [0.29, 0.717) is 30.1 Å². The molecule has 2 aromatic carbocycles. The molecule has 0 aliphatic heterocycles. The molecule has 1 atom stereocenters. The summed E-state index contributed by atoms with van der Waals surface area (Å²) in [7, 11) is 4.75. The molecule has 0 aliphatic carbocycles. The number of allylic oxidation sites excluding steroid dienone is 1. The molecular formula is C29H32O5S. The van der Waals surface area contributed by atoms with Gasteiger partial charge in [0.2, 0.25) is 0 Å². The maximum absolute atomic E-state index is 12.3. The zero-order chi connectivity index (χ0) is 25.1. The summed E-state index contributed by atoms with van der Waals surface area (Å²) < 4.78 is 21.1. The number of unbranched alkanes of at least 4 members (excludes halogenated alkanes) is 2. The van der Waals surface area contributed by atoms with E-state index in [1.54, 1.807) is 32.1 Å². The summed E-state index contributed by atoms with van der Waals surface area (Å²) >= 11 is 1.66. The minimum absolute atomic E-state index is 0.149.